The zero-order valence-corrected chi connectivity index (χ0v) is 9.06. The number of fused-ring (bicyclic) bond motifs is 3. The fourth-order valence-electron chi connectivity index (χ4n) is 2.39. The van der Waals surface area contributed by atoms with Crippen LogP contribution in [0.1, 0.15) is 17.8 Å². The Morgan fingerprint density at radius 3 is 1.87 bits per heavy atom. The Labute approximate surface area is 88.5 Å². The van der Waals surface area contributed by atoms with Crippen molar-refractivity contribution >= 4 is 0 Å². The van der Waals surface area contributed by atoms with Gasteiger partial charge >= 0.3 is 0 Å². The molecule has 0 unspecified atom stereocenters. The Morgan fingerprint density at radius 2 is 1.40 bits per heavy atom. The summed E-state index contributed by atoms with van der Waals surface area (Å²) >= 11 is 0. The van der Waals surface area contributed by atoms with Crippen molar-refractivity contribution in [3.05, 3.63) is 23.8 Å². The Kier molecular flexibility index (Phi) is 1.71. The van der Waals surface area contributed by atoms with Gasteiger partial charge in [0.1, 0.15) is 0 Å². The molecule has 2 aromatic heterocycles. The first-order valence-electron chi connectivity index (χ1n) is 5.29. The smallest absolute Gasteiger partial charge is 0.0572 e. The van der Waals surface area contributed by atoms with Gasteiger partial charge in [0.25, 0.3) is 0 Å². The van der Waals surface area contributed by atoms with Crippen LogP contribution in [0.5, 0.6) is 0 Å². The Hall–Kier alpha value is -1.58. The molecule has 1 aliphatic carbocycles. The highest BCUT2D eigenvalue weighted by Gasteiger charge is 2.20. The van der Waals surface area contributed by atoms with E-state index in [1.807, 2.05) is 35.9 Å². The second-order valence-electron chi connectivity index (χ2n) is 4.11. The molecule has 0 fully saturated rings. The lowest BCUT2D eigenvalue weighted by molar-refractivity contribution is 0.657. The first-order valence-corrected chi connectivity index (χ1v) is 5.29. The molecule has 2 aromatic rings. The van der Waals surface area contributed by atoms with Crippen LogP contribution in [0.25, 0.3) is 11.1 Å². The van der Waals surface area contributed by atoms with Crippen LogP contribution < -0.4 is 0 Å². The standard InChI is InChI=1S/C11H14N4/c1-14-10-4-3-5-11-9(7-13-15(11)2)8(10)6-12-14/h6-7H,3-5H2,1-2H3. The molecule has 1 aliphatic rings. The lowest BCUT2D eigenvalue weighted by Crippen LogP contribution is -2.00. The lowest BCUT2D eigenvalue weighted by Gasteiger charge is -2.00. The van der Waals surface area contributed by atoms with Gasteiger partial charge in [-0.2, -0.15) is 10.2 Å². The topological polar surface area (TPSA) is 35.6 Å². The maximum Gasteiger partial charge on any atom is 0.0572 e. The van der Waals surface area contributed by atoms with Gasteiger partial charge in [-0.15, -0.1) is 0 Å². The largest absolute Gasteiger partial charge is 0.272 e. The van der Waals surface area contributed by atoms with Crippen molar-refractivity contribution < 1.29 is 0 Å². The molecule has 3 rings (SSSR count). The first kappa shape index (κ1) is 8.71. The van der Waals surface area contributed by atoms with Gasteiger partial charge in [0, 0.05) is 36.6 Å². The van der Waals surface area contributed by atoms with Gasteiger partial charge < -0.3 is 0 Å². The lowest BCUT2D eigenvalue weighted by atomic mass is 10.1. The molecule has 0 aromatic carbocycles. The van der Waals surface area contributed by atoms with E-state index in [0.717, 1.165) is 12.8 Å². The Bertz CT molecular complexity index is 460. The van der Waals surface area contributed by atoms with E-state index in [1.165, 1.54) is 28.9 Å². The van der Waals surface area contributed by atoms with E-state index < -0.39 is 0 Å². The number of aryl methyl sites for hydroxylation is 2. The molecule has 0 radical (unpaired) electrons. The van der Waals surface area contributed by atoms with Crippen LogP contribution in [0, 0.1) is 0 Å². The van der Waals surface area contributed by atoms with Crippen molar-refractivity contribution in [3.8, 4) is 11.1 Å². The van der Waals surface area contributed by atoms with Gasteiger partial charge in [0.05, 0.1) is 12.4 Å². The van der Waals surface area contributed by atoms with Gasteiger partial charge in [-0.25, -0.2) is 0 Å². The van der Waals surface area contributed by atoms with Crippen LogP contribution in [-0.4, -0.2) is 19.6 Å². The van der Waals surface area contributed by atoms with Crippen LogP contribution in [0.3, 0.4) is 0 Å². The van der Waals surface area contributed by atoms with Gasteiger partial charge in [-0.3, -0.25) is 9.36 Å². The molecule has 0 saturated heterocycles. The highest BCUT2D eigenvalue weighted by atomic mass is 15.3. The highest BCUT2D eigenvalue weighted by Crippen LogP contribution is 2.31. The predicted molar refractivity (Wildman–Crippen MR) is 57.4 cm³/mol. The molecule has 4 heteroatoms. The molecule has 0 saturated carbocycles. The molecule has 4 nitrogen and oxygen atoms in total. The molecule has 0 atom stereocenters. The second-order valence-corrected chi connectivity index (χ2v) is 4.11. The molecule has 0 bridgehead atoms. The van der Waals surface area contributed by atoms with E-state index in [0.29, 0.717) is 0 Å². The first-order chi connectivity index (χ1) is 7.27. The third-order valence-electron chi connectivity index (χ3n) is 3.24. The van der Waals surface area contributed by atoms with E-state index in [-0.39, 0.29) is 0 Å². The van der Waals surface area contributed by atoms with Gasteiger partial charge in [-0.05, 0) is 19.3 Å². The molecular weight excluding hydrogens is 188 g/mol. The summed E-state index contributed by atoms with van der Waals surface area (Å²) in [5.41, 5.74) is 5.19. The maximum absolute atomic E-state index is 4.33. The van der Waals surface area contributed by atoms with E-state index in [4.69, 9.17) is 0 Å². The van der Waals surface area contributed by atoms with Crippen LogP contribution in [-0.2, 0) is 26.9 Å². The van der Waals surface area contributed by atoms with Gasteiger partial charge in [0.2, 0.25) is 0 Å². The minimum Gasteiger partial charge on any atom is -0.272 e. The summed E-state index contributed by atoms with van der Waals surface area (Å²) in [6.45, 7) is 0. The number of hydrogen-bond acceptors (Lipinski definition) is 2. The van der Waals surface area contributed by atoms with Crippen LogP contribution in [0.4, 0.5) is 0 Å². The molecule has 78 valence electrons. The summed E-state index contributed by atoms with van der Waals surface area (Å²) in [7, 11) is 4.03. The summed E-state index contributed by atoms with van der Waals surface area (Å²) in [5, 5.41) is 8.66. The monoisotopic (exact) mass is 202 g/mol. The Balaban J connectivity index is 2.27. The third-order valence-corrected chi connectivity index (χ3v) is 3.24. The van der Waals surface area contributed by atoms with Gasteiger partial charge in [-0.1, -0.05) is 0 Å². The fourth-order valence-corrected chi connectivity index (χ4v) is 2.39. The molecule has 0 aliphatic heterocycles. The third kappa shape index (κ3) is 1.14. The van der Waals surface area contributed by atoms with Crippen molar-refractivity contribution in [3.63, 3.8) is 0 Å². The number of hydrogen-bond donors (Lipinski definition) is 0. The van der Waals surface area contributed by atoms with Crippen molar-refractivity contribution in [1.82, 2.24) is 19.6 Å². The summed E-state index contributed by atoms with van der Waals surface area (Å²) < 4.78 is 3.97. The average molecular weight is 202 g/mol. The summed E-state index contributed by atoms with van der Waals surface area (Å²) in [6.07, 6.45) is 7.32. The zero-order valence-electron chi connectivity index (χ0n) is 9.06. The van der Waals surface area contributed by atoms with Crippen molar-refractivity contribution in [1.29, 1.82) is 0 Å². The minimum atomic E-state index is 1.11. The van der Waals surface area contributed by atoms with Crippen molar-refractivity contribution in [2.45, 2.75) is 19.3 Å². The highest BCUT2D eigenvalue weighted by molar-refractivity contribution is 5.68. The molecule has 0 spiro atoms. The van der Waals surface area contributed by atoms with Crippen LogP contribution >= 0.6 is 0 Å². The quantitative estimate of drug-likeness (QED) is 0.645. The van der Waals surface area contributed by atoms with Crippen LogP contribution in [0.2, 0.25) is 0 Å². The molecular formula is C11H14N4. The predicted octanol–water partition coefficient (Wildman–Crippen LogP) is 1.31. The molecule has 0 N–H and O–H groups in total. The number of nitrogens with zero attached hydrogens (tertiary/aromatic N) is 4. The normalized spacial score (nSPS) is 14.5. The minimum absolute atomic E-state index is 1.11. The second kappa shape index (κ2) is 2.95. The van der Waals surface area contributed by atoms with E-state index in [1.54, 1.807) is 0 Å². The summed E-state index contributed by atoms with van der Waals surface area (Å²) in [6, 6.07) is 0. The summed E-state index contributed by atoms with van der Waals surface area (Å²) in [5.74, 6) is 0. The fraction of sp³-hybridized carbons (Fsp3) is 0.455. The van der Waals surface area contributed by atoms with E-state index in [2.05, 4.69) is 10.2 Å². The van der Waals surface area contributed by atoms with Crippen LogP contribution in [0.15, 0.2) is 12.4 Å². The summed E-state index contributed by atoms with van der Waals surface area (Å²) in [4.78, 5) is 0. The Morgan fingerprint density at radius 1 is 0.933 bits per heavy atom. The molecule has 0 amide bonds. The molecule has 2 heterocycles. The SMILES string of the molecule is Cn1ncc2c1CCCc1c-2cnn1C. The van der Waals surface area contributed by atoms with Crippen molar-refractivity contribution in [2.24, 2.45) is 14.1 Å². The van der Waals surface area contributed by atoms with Gasteiger partial charge in [0.15, 0.2) is 0 Å². The maximum atomic E-state index is 4.33. The number of aromatic nitrogens is 4. The van der Waals surface area contributed by atoms with Crippen molar-refractivity contribution in [2.75, 3.05) is 0 Å². The van der Waals surface area contributed by atoms with E-state index >= 15 is 0 Å². The van der Waals surface area contributed by atoms with E-state index in [9.17, 15) is 0 Å². The molecule has 15 heavy (non-hydrogen) atoms. The number of rotatable bonds is 0. The zero-order chi connectivity index (χ0) is 10.4. The average Bonchev–Trinajstić information content (AvgIpc) is 2.69.